The molecule has 0 unspecified atom stereocenters. The van der Waals surface area contributed by atoms with E-state index in [1.807, 2.05) is 23.7 Å². The van der Waals surface area contributed by atoms with Crippen LogP contribution in [0.15, 0.2) is 42.9 Å². The smallest absolute Gasteiger partial charge is 0.180 e. The lowest BCUT2D eigenvalue weighted by atomic mass is 10.1. The van der Waals surface area contributed by atoms with Gasteiger partial charge in [-0.3, -0.25) is 9.08 Å². The SMILES string of the molecule is Cn1ccc(-c2nc(N)c3nccn3c2-c2ccc(O)c(Cl)c2)n1. The van der Waals surface area contributed by atoms with Crippen molar-refractivity contribution in [1.82, 2.24) is 24.1 Å². The van der Waals surface area contributed by atoms with E-state index in [0.717, 1.165) is 11.3 Å². The summed E-state index contributed by atoms with van der Waals surface area (Å²) < 4.78 is 3.54. The molecule has 0 bridgehead atoms. The summed E-state index contributed by atoms with van der Waals surface area (Å²) in [5, 5.41) is 14.4. The van der Waals surface area contributed by atoms with Crippen LogP contribution in [0.3, 0.4) is 0 Å². The first-order chi connectivity index (χ1) is 11.5. The van der Waals surface area contributed by atoms with Crippen LogP contribution in [-0.4, -0.2) is 29.3 Å². The number of hydrogen-bond acceptors (Lipinski definition) is 5. The molecule has 0 aliphatic heterocycles. The molecule has 3 N–H and O–H groups in total. The topological polar surface area (TPSA) is 94.3 Å². The number of aromatic hydroxyl groups is 1. The fraction of sp³-hybridized carbons (Fsp3) is 0.0625. The van der Waals surface area contributed by atoms with Crippen molar-refractivity contribution >= 4 is 23.1 Å². The lowest BCUT2D eigenvalue weighted by Gasteiger charge is -2.12. The van der Waals surface area contributed by atoms with Gasteiger partial charge in [-0.25, -0.2) is 9.97 Å². The van der Waals surface area contributed by atoms with E-state index >= 15 is 0 Å². The van der Waals surface area contributed by atoms with Gasteiger partial charge in [0.2, 0.25) is 0 Å². The number of phenols is 1. The number of imidazole rings is 1. The number of nitrogen functional groups attached to an aromatic ring is 1. The van der Waals surface area contributed by atoms with Gasteiger partial charge in [0, 0.05) is 31.2 Å². The van der Waals surface area contributed by atoms with E-state index in [0.29, 0.717) is 22.9 Å². The molecule has 24 heavy (non-hydrogen) atoms. The monoisotopic (exact) mass is 340 g/mol. The summed E-state index contributed by atoms with van der Waals surface area (Å²) in [6.45, 7) is 0. The van der Waals surface area contributed by atoms with Crippen molar-refractivity contribution in [3.63, 3.8) is 0 Å². The molecule has 4 aromatic rings. The van der Waals surface area contributed by atoms with E-state index in [-0.39, 0.29) is 10.8 Å². The fourth-order valence-electron chi connectivity index (χ4n) is 2.66. The maximum absolute atomic E-state index is 9.70. The first kappa shape index (κ1) is 14.5. The second-order valence-corrected chi connectivity index (χ2v) is 5.76. The van der Waals surface area contributed by atoms with Crippen molar-refractivity contribution in [2.75, 3.05) is 5.73 Å². The Morgan fingerprint density at radius 2 is 2.04 bits per heavy atom. The largest absolute Gasteiger partial charge is 0.506 e. The minimum absolute atomic E-state index is 0.0186. The van der Waals surface area contributed by atoms with Crippen LogP contribution < -0.4 is 5.73 Å². The van der Waals surface area contributed by atoms with Crippen LogP contribution in [0.2, 0.25) is 5.02 Å². The van der Waals surface area contributed by atoms with Crippen LogP contribution in [-0.2, 0) is 7.05 Å². The molecular formula is C16H13ClN6O. The Kier molecular flexibility index (Phi) is 3.17. The summed E-state index contributed by atoms with van der Waals surface area (Å²) in [4.78, 5) is 8.75. The zero-order valence-corrected chi connectivity index (χ0v) is 13.4. The molecule has 0 radical (unpaired) electrons. The van der Waals surface area contributed by atoms with Crippen molar-refractivity contribution < 1.29 is 5.11 Å². The third-order valence-electron chi connectivity index (χ3n) is 3.74. The molecule has 0 aliphatic carbocycles. The number of aromatic nitrogens is 5. The number of aryl methyl sites for hydroxylation is 1. The molecule has 3 aromatic heterocycles. The van der Waals surface area contributed by atoms with E-state index in [1.54, 1.807) is 35.3 Å². The van der Waals surface area contributed by atoms with Crippen LogP contribution in [0.1, 0.15) is 0 Å². The molecule has 7 nitrogen and oxygen atoms in total. The molecule has 1 aromatic carbocycles. The first-order valence-corrected chi connectivity index (χ1v) is 7.54. The molecule has 0 fully saturated rings. The van der Waals surface area contributed by atoms with Gasteiger partial charge in [0.1, 0.15) is 17.1 Å². The van der Waals surface area contributed by atoms with Crippen LogP contribution in [0.5, 0.6) is 5.75 Å². The Morgan fingerprint density at radius 3 is 2.75 bits per heavy atom. The standard InChI is InChI=1S/C16H13ClN6O/c1-22-6-4-11(21-22)13-14(9-2-3-12(24)10(17)8-9)23-7-5-19-16(23)15(18)20-13/h2-8,24H,1H3,(H2,18,20). The van der Waals surface area contributed by atoms with E-state index < -0.39 is 0 Å². The molecule has 0 saturated carbocycles. The molecule has 120 valence electrons. The van der Waals surface area contributed by atoms with Crippen LogP contribution in [0, 0.1) is 0 Å². The minimum Gasteiger partial charge on any atom is -0.506 e. The maximum Gasteiger partial charge on any atom is 0.180 e. The highest BCUT2D eigenvalue weighted by Gasteiger charge is 2.19. The molecule has 0 aliphatic rings. The second kappa shape index (κ2) is 5.24. The number of phenolic OH excluding ortho intramolecular Hbond substituents is 1. The Balaban J connectivity index is 2.09. The predicted molar refractivity (Wildman–Crippen MR) is 91.7 cm³/mol. The third-order valence-corrected chi connectivity index (χ3v) is 4.05. The van der Waals surface area contributed by atoms with Crippen molar-refractivity contribution in [1.29, 1.82) is 0 Å². The van der Waals surface area contributed by atoms with Crippen molar-refractivity contribution in [2.45, 2.75) is 0 Å². The minimum atomic E-state index is 0.0186. The number of nitrogens with two attached hydrogens (primary N) is 1. The van der Waals surface area contributed by atoms with Crippen LogP contribution in [0.25, 0.3) is 28.3 Å². The molecule has 3 heterocycles. The first-order valence-electron chi connectivity index (χ1n) is 7.16. The summed E-state index contributed by atoms with van der Waals surface area (Å²) in [6.07, 6.45) is 5.29. The number of hydrogen-bond donors (Lipinski definition) is 2. The number of anilines is 1. The van der Waals surface area contributed by atoms with Crippen molar-refractivity contribution in [3.05, 3.63) is 47.9 Å². The lowest BCUT2D eigenvalue weighted by molar-refractivity contribution is 0.475. The van der Waals surface area contributed by atoms with E-state index in [4.69, 9.17) is 17.3 Å². The van der Waals surface area contributed by atoms with Crippen LogP contribution >= 0.6 is 11.6 Å². The molecule has 4 rings (SSSR count). The fourth-order valence-corrected chi connectivity index (χ4v) is 2.84. The summed E-state index contributed by atoms with van der Waals surface area (Å²) in [5.74, 6) is 0.333. The molecule has 0 amide bonds. The van der Waals surface area contributed by atoms with Gasteiger partial charge in [-0.05, 0) is 24.3 Å². The van der Waals surface area contributed by atoms with E-state index in [9.17, 15) is 5.11 Å². The van der Waals surface area contributed by atoms with Gasteiger partial charge in [-0.1, -0.05) is 11.6 Å². The summed E-state index contributed by atoms with van der Waals surface area (Å²) in [5.41, 5.74) is 9.41. The van der Waals surface area contributed by atoms with Gasteiger partial charge >= 0.3 is 0 Å². The highest BCUT2D eigenvalue weighted by atomic mass is 35.5. The number of rotatable bonds is 2. The molecule has 8 heteroatoms. The average molecular weight is 341 g/mol. The van der Waals surface area contributed by atoms with Gasteiger partial charge in [0.25, 0.3) is 0 Å². The summed E-state index contributed by atoms with van der Waals surface area (Å²) in [6, 6.07) is 6.84. The van der Waals surface area contributed by atoms with E-state index in [1.165, 1.54) is 0 Å². The van der Waals surface area contributed by atoms with Gasteiger partial charge in [-0.15, -0.1) is 0 Å². The Bertz CT molecular complexity index is 1070. The molecule has 0 atom stereocenters. The molecule has 0 saturated heterocycles. The van der Waals surface area contributed by atoms with Gasteiger partial charge in [-0.2, -0.15) is 5.10 Å². The maximum atomic E-state index is 9.70. The average Bonchev–Trinajstić information content (AvgIpc) is 3.19. The molecule has 0 spiro atoms. The normalized spacial score (nSPS) is 11.2. The lowest BCUT2D eigenvalue weighted by Crippen LogP contribution is -2.04. The zero-order valence-electron chi connectivity index (χ0n) is 12.7. The van der Waals surface area contributed by atoms with E-state index in [2.05, 4.69) is 15.1 Å². The highest BCUT2D eigenvalue weighted by molar-refractivity contribution is 6.32. The number of fused-ring (bicyclic) bond motifs is 1. The van der Waals surface area contributed by atoms with Gasteiger partial charge in [0.05, 0.1) is 10.7 Å². The Morgan fingerprint density at radius 1 is 1.21 bits per heavy atom. The zero-order chi connectivity index (χ0) is 16.8. The number of benzene rings is 1. The summed E-state index contributed by atoms with van der Waals surface area (Å²) >= 11 is 6.08. The Hall–Kier alpha value is -3.06. The van der Waals surface area contributed by atoms with Crippen molar-refractivity contribution in [2.24, 2.45) is 7.05 Å². The predicted octanol–water partition coefficient (Wildman–Crippen LogP) is 2.74. The second-order valence-electron chi connectivity index (χ2n) is 5.36. The Labute approximate surface area is 142 Å². The number of nitrogens with zero attached hydrogens (tertiary/aromatic N) is 5. The molecular weight excluding hydrogens is 328 g/mol. The van der Waals surface area contributed by atoms with Crippen molar-refractivity contribution in [3.8, 4) is 28.4 Å². The summed E-state index contributed by atoms with van der Waals surface area (Å²) in [7, 11) is 1.83. The third kappa shape index (κ3) is 2.17. The number of halogens is 1. The van der Waals surface area contributed by atoms with Gasteiger partial charge < -0.3 is 10.8 Å². The van der Waals surface area contributed by atoms with Crippen LogP contribution in [0.4, 0.5) is 5.82 Å². The van der Waals surface area contributed by atoms with Gasteiger partial charge in [0.15, 0.2) is 11.5 Å². The quantitative estimate of drug-likeness (QED) is 0.585. The highest BCUT2D eigenvalue weighted by Crippen LogP contribution is 2.35.